The fraction of sp³-hybridized carbons (Fsp3) is 0.500. The SMILES string of the molecule is CCCCC(CP(=O)(O)O)NC(=O)OCc1ccccc1. The minimum Gasteiger partial charge on any atom is -0.445 e. The first-order valence-corrected chi connectivity index (χ1v) is 8.72. The lowest BCUT2D eigenvalue weighted by atomic mass is 10.1. The van der Waals surface area contributed by atoms with Crippen LogP contribution in [-0.2, 0) is 15.9 Å². The largest absolute Gasteiger partial charge is 0.445 e. The van der Waals surface area contributed by atoms with E-state index in [0.29, 0.717) is 6.42 Å². The molecule has 0 spiro atoms. The summed E-state index contributed by atoms with van der Waals surface area (Å²) in [6.45, 7) is 2.10. The summed E-state index contributed by atoms with van der Waals surface area (Å²) in [7, 11) is -4.17. The molecular weight excluding hydrogens is 293 g/mol. The molecule has 6 nitrogen and oxygen atoms in total. The molecule has 1 rings (SSSR count). The molecule has 0 aliphatic heterocycles. The molecule has 0 saturated carbocycles. The molecule has 0 aliphatic carbocycles. The van der Waals surface area contributed by atoms with Crippen molar-refractivity contribution in [2.24, 2.45) is 0 Å². The van der Waals surface area contributed by atoms with Crippen LogP contribution in [0.4, 0.5) is 4.79 Å². The number of rotatable bonds is 8. The Bertz CT molecular complexity index is 474. The van der Waals surface area contributed by atoms with E-state index >= 15 is 0 Å². The molecule has 118 valence electrons. The van der Waals surface area contributed by atoms with Gasteiger partial charge in [0, 0.05) is 6.04 Å². The molecule has 0 aliphatic rings. The van der Waals surface area contributed by atoms with Crippen LogP contribution < -0.4 is 5.32 Å². The molecule has 1 atom stereocenters. The van der Waals surface area contributed by atoms with Gasteiger partial charge in [0.2, 0.25) is 0 Å². The Hall–Kier alpha value is -1.36. The lowest BCUT2D eigenvalue weighted by Crippen LogP contribution is -2.37. The number of hydrogen-bond donors (Lipinski definition) is 3. The highest BCUT2D eigenvalue weighted by atomic mass is 31.2. The maximum absolute atomic E-state index is 11.7. The second kappa shape index (κ2) is 8.82. The zero-order chi connectivity index (χ0) is 15.7. The zero-order valence-electron chi connectivity index (χ0n) is 12.1. The third-order valence-corrected chi connectivity index (χ3v) is 3.82. The number of nitrogens with one attached hydrogen (secondary N) is 1. The van der Waals surface area contributed by atoms with Crippen molar-refractivity contribution in [1.29, 1.82) is 0 Å². The van der Waals surface area contributed by atoms with E-state index in [0.717, 1.165) is 18.4 Å². The predicted octanol–water partition coefficient (Wildman–Crippen LogP) is 2.65. The first kappa shape index (κ1) is 17.7. The van der Waals surface area contributed by atoms with Crippen LogP contribution in [-0.4, -0.2) is 28.1 Å². The summed E-state index contributed by atoms with van der Waals surface area (Å²) < 4.78 is 16.1. The number of ether oxygens (including phenoxy) is 1. The quantitative estimate of drug-likeness (QED) is 0.641. The number of benzene rings is 1. The molecule has 1 aromatic rings. The van der Waals surface area contributed by atoms with Crippen LogP contribution in [0.25, 0.3) is 0 Å². The summed E-state index contributed by atoms with van der Waals surface area (Å²) >= 11 is 0. The van der Waals surface area contributed by atoms with Gasteiger partial charge in [-0.2, -0.15) is 0 Å². The van der Waals surface area contributed by atoms with Crippen molar-refractivity contribution in [3.63, 3.8) is 0 Å². The Morgan fingerprint density at radius 2 is 2.00 bits per heavy atom. The van der Waals surface area contributed by atoms with Gasteiger partial charge in [0.25, 0.3) is 0 Å². The Kier molecular flexibility index (Phi) is 7.43. The van der Waals surface area contributed by atoms with Crippen molar-refractivity contribution < 1.29 is 23.9 Å². The minimum atomic E-state index is -4.17. The summed E-state index contributed by atoms with van der Waals surface area (Å²) in [6.07, 6.45) is 1.16. The number of carbonyl (C=O) groups is 1. The smallest absolute Gasteiger partial charge is 0.407 e. The Balaban J connectivity index is 2.45. The van der Waals surface area contributed by atoms with Gasteiger partial charge in [-0.05, 0) is 12.0 Å². The number of amides is 1. The molecule has 1 amide bonds. The molecular formula is C14H22NO5P. The lowest BCUT2D eigenvalue weighted by molar-refractivity contribution is 0.135. The summed E-state index contributed by atoms with van der Waals surface area (Å²) in [6, 6.07) is 8.64. The van der Waals surface area contributed by atoms with E-state index in [1.54, 1.807) is 0 Å². The van der Waals surface area contributed by atoms with E-state index in [2.05, 4.69) is 5.32 Å². The summed E-state index contributed by atoms with van der Waals surface area (Å²) in [4.78, 5) is 29.7. The van der Waals surface area contributed by atoms with Crippen molar-refractivity contribution in [3.8, 4) is 0 Å². The molecule has 7 heteroatoms. The molecule has 0 bridgehead atoms. The van der Waals surface area contributed by atoms with Crippen LogP contribution in [0.5, 0.6) is 0 Å². The number of carbonyl (C=O) groups excluding carboxylic acids is 1. The molecule has 0 aromatic heterocycles. The van der Waals surface area contributed by atoms with E-state index in [9.17, 15) is 9.36 Å². The monoisotopic (exact) mass is 315 g/mol. The fourth-order valence-corrected chi connectivity index (χ4v) is 2.73. The van der Waals surface area contributed by atoms with E-state index in [4.69, 9.17) is 14.5 Å². The molecule has 0 fully saturated rings. The fourth-order valence-electron chi connectivity index (χ4n) is 1.88. The normalized spacial score (nSPS) is 12.7. The molecule has 3 N–H and O–H groups in total. The van der Waals surface area contributed by atoms with Crippen molar-refractivity contribution in [2.75, 3.05) is 6.16 Å². The van der Waals surface area contributed by atoms with E-state index in [-0.39, 0.29) is 12.8 Å². The Morgan fingerprint density at radius 3 is 2.57 bits per heavy atom. The molecule has 0 saturated heterocycles. The van der Waals surface area contributed by atoms with E-state index in [1.165, 1.54) is 0 Å². The van der Waals surface area contributed by atoms with Gasteiger partial charge in [0.1, 0.15) is 6.61 Å². The van der Waals surface area contributed by atoms with Gasteiger partial charge in [0.05, 0.1) is 6.16 Å². The van der Waals surface area contributed by atoms with Crippen molar-refractivity contribution >= 4 is 13.7 Å². The van der Waals surface area contributed by atoms with Crippen LogP contribution in [0.1, 0.15) is 31.7 Å². The minimum absolute atomic E-state index is 0.128. The van der Waals surface area contributed by atoms with Gasteiger partial charge in [-0.3, -0.25) is 4.57 Å². The zero-order valence-corrected chi connectivity index (χ0v) is 13.0. The second-order valence-electron chi connectivity index (χ2n) is 4.89. The van der Waals surface area contributed by atoms with E-state index < -0.39 is 19.7 Å². The number of hydrogen-bond acceptors (Lipinski definition) is 3. The predicted molar refractivity (Wildman–Crippen MR) is 80.0 cm³/mol. The summed E-state index contributed by atoms with van der Waals surface area (Å²) in [5, 5.41) is 2.53. The first-order chi connectivity index (χ1) is 9.90. The van der Waals surface area contributed by atoms with E-state index in [1.807, 2.05) is 37.3 Å². The van der Waals surface area contributed by atoms with Gasteiger partial charge in [-0.15, -0.1) is 0 Å². The van der Waals surface area contributed by atoms with Gasteiger partial charge in [-0.1, -0.05) is 50.1 Å². The summed E-state index contributed by atoms with van der Waals surface area (Å²) in [5.74, 6) is 0. The highest BCUT2D eigenvalue weighted by Gasteiger charge is 2.23. The highest BCUT2D eigenvalue weighted by Crippen LogP contribution is 2.35. The van der Waals surface area contributed by atoms with Gasteiger partial charge < -0.3 is 19.8 Å². The molecule has 0 heterocycles. The average molecular weight is 315 g/mol. The third-order valence-electron chi connectivity index (χ3n) is 2.90. The van der Waals surface area contributed by atoms with Crippen molar-refractivity contribution in [2.45, 2.75) is 38.8 Å². The number of unbranched alkanes of at least 4 members (excludes halogenated alkanes) is 1. The van der Waals surface area contributed by atoms with Crippen LogP contribution in [0, 0.1) is 0 Å². The topological polar surface area (TPSA) is 95.9 Å². The maximum atomic E-state index is 11.7. The van der Waals surface area contributed by atoms with Gasteiger partial charge in [0.15, 0.2) is 0 Å². The highest BCUT2D eigenvalue weighted by molar-refractivity contribution is 7.51. The second-order valence-corrected chi connectivity index (χ2v) is 6.59. The molecule has 1 unspecified atom stereocenters. The van der Waals surface area contributed by atoms with Crippen LogP contribution in [0.2, 0.25) is 0 Å². The maximum Gasteiger partial charge on any atom is 0.407 e. The van der Waals surface area contributed by atoms with Gasteiger partial charge >= 0.3 is 13.7 Å². The Morgan fingerprint density at radius 1 is 1.33 bits per heavy atom. The Labute approximate surface area is 124 Å². The standard InChI is InChI=1S/C14H22NO5P/c1-2-3-9-13(11-21(17,18)19)15-14(16)20-10-12-7-5-4-6-8-12/h4-8,13H,2-3,9-11H2,1H3,(H,15,16)(H2,17,18,19). The van der Waals surface area contributed by atoms with Gasteiger partial charge in [-0.25, -0.2) is 4.79 Å². The van der Waals surface area contributed by atoms with Crippen LogP contribution >= 0.6 is 7.60 Å². The molecule has 0 radical (unpaired) electrons. The third kappa shape index (κ3) is 8.50. The lowest BCUT2D eigenvalue weighted by Gasteiger charge is -2.18. The van der Waals surface area contributed by atoms with Crippen LogP contribution in [0.3, 0.4) is 0 Å². The molecule has 21 heavy (non-hydrogen) atoms. The number of alkyl carbamates (subject to hydrolysis) is 1. The first-order valence-electron chi connectivity index (χ1n) is 6.92. The average Bonchev–Trinajstić information content (AvgIpc) is 2.42. The van der Waals surface area contributed by atoms with Crippen molar-refractivity contribution in [3.05, 3.63) is 35.9 Å². The summed E-state index contributed by atoms with van der Waals surface area (Å²) in [5.41, 5.74) is 0.854. The molecule has 1 aromatic carbocycles. The van der Waals surface area contributed by atoms with Crippen molar-refractivity contribution in [1.82, 2.24) is 5.32 Å². The van der Waals surface area contributed by atoms with Crippen LogP contribution in [0.15, 0.2) is 30.3 Å².